The molecule has 2 rings (SSSR count). The van der Waals surface area contributed by atoms with Crippen molar-refractivity contribution in [1.82, 2.24) is 9.55 Å². The van der Waals surface area contributed by atoms with E-state index in [4.69, 9.17) is 5.11 Å². The summed E-state index contributed by atoms with van der Waals surface area (Å²) in [4.78, 5) is 14.1. The van der Waals surface area contributed by atoms with Crippen molar-refractivity contribution in [1.29, 1.82) is 0 Å². The molecule has 1 aliphatic carbocycles. The highest BCUT2D eigenvalue weighted by Crippen LogP contribution is 2.34. The fraction of sp³-hybridized carbons (Fsp3) is 0.429. The van der Waals surface area contributed by atoms with E-state index in [2.05, 4.69) is 4.98 Å². The molecular formula is C7H8N2O2. The molecule has 0 saturated heterocycles. The zero-order chi connectivity index (χ0) is 7.84. The summed E-state index contributed by atoms with van der Waals surface area (Å²) in [5.41, 5.74) is 0.136. The molecule has 1 heterocycles. The number of carboxylic acid groups (broad SMARTS) is 1. The molecule has 1 fully saturated rings. The summed E-state index contributed by atoms with van der Waals surface area (Å²) >= 11 is 0. The van der Waals surface area contributed by atoms with Gasteiger partial charge < -0.3 is 9.67 Å². The van der Waals surface area contributed by atoms with Crippen LogP contribution in [-0.2, 0) is 0 Å². The number of carboxylic acids is 1. The van der Waals surface area contributed by atoms with Gasteiger partial charge in [0, 0.05) is 12.2 Å². The summed E-state index contributed by atoms with van der Waals surface area (Å²) in [5, 5.41) is 8.52. The monoisotopic (exact) mass is 152 g/mol. The first-order chi connectivity index (χ1) is 5.27. The summed E-state index contributed by atoms with van der Waals surface area (Å²) < 4.78 is 1.86. The Kier molecular flexibility index (Phi) is 1.21. The Bertz CT molecular complexity index is 288. The van der Waals surface area contributed by atoms with E-state index in [1.54, 1.807) is 12.5 Å². The largest absolute Gasteiger partial charge is 0.476 e. The minimum atomic E-state index is -0.954. The quantitative estimate of drug-likeness (QED) is 0.685. The van der Waals surface area contributed by atoms with Crippen molar-refractivity contribution in [3.8, 4) is 0 Å². The predicted octanol–water partition coefficient (Wildman–Crippen LogP) is 0.916. The molecule has 0 amide bonds. The Morgan fingerprint density at radius 1 is 1.73 bits per heavy atom. The van der Waals surface area contributed by atoms with Crippen LogP contribution >= 0.6 is 0 Å². The lowest BCUT2D eigenvalue weighted by Gasteiger charge is -1.92. The summed E-state index contributed by atoms with van der Waals surface area (Å²) in [6, 6.07) is 0.510. The van der Waals surface area contributed by atoms with Gasteiger partial charge in [0.1, 0.15) is 0 Å². The molecule has 1 aromatic rings. The molecule has 1 aliphatic rings. The molecule has 4 heteroatoms. The van der Waals surface area contributed by atoms with E-state index in [1.165, 1.54) is 0 Å². The maximum atomic E-state index is 10.4. The van der Waals surface area contributed by atoms with Crippen LogP contribution in [0.1, 0.15) is 29.4 Å². The lowest BCUT2D eigenvalue weighted by molar-refractivity contribution is 0.0691. The normalized spacial score (nSPS) is 16.7. The first kappa shape index (κ1) is 6.39. The molecule has 0 aromatic carbocycles. The molecule has 0 bridgehead atoms. The van der Waals surface area contributed by atoms with Gasteiger partial charge >= 0.3 is 5.97 Å². The summed E-state index contributed by atoms with van der Waals surface area (Å²) in [5.74, 6) is -0.954. The van der Waals surface area contributed by atoms with Gasteiger partial charge in [-0.1, -0.05) is 0 Å². The van der Waals surface area contributed by atoms with Crippen LogP contribution in [-0.4, -0.2) is 20.6 Å². The minimum absolute atomic E-state index is 0.136. The lowest BCUT2D eigenvalue weighted by Crippen LogP contribution is -1.95. The molecule has 0 radical (unpaired) electrons. The molecular weight excluding hydrogens is 144 g/mol. The van der Waals surface area contributed by atoms with E-state index < -0.39 is 5.97 Å². The van der Waals surface area contributed by atoms with E-state index in [-0.39, 0.29) is 5.69 Å². The summed E-state index contributed by atoms with van der Waals surface area (Å²) in [6.45, 7) is 0. The van der Waals surface area contributed by atoms with E-state index in [1.807, 2.05) is 4.57 Å². The minimum Gasteiger partial charge on any atom is -0.476 e. The van der Waals surface area contributed by atoms with Crippen LogP contribution in [0.15, 0.2) is 12.5 Å². The second-order valence-corrected chi connectivity index (χ2v) is 2.74. The van der Waals surface area contributed by atoms with Gasteiger partial charge in [0.2, 0.25) is 0 Å². The summed E-state index contributed by atoms with van der Waals surface area (Å²) in [6.07, 6.45) is 5.46. The fourth-order valence-corrected chi connectivity index (χ4v) is 1.02. The van der Waals surface area contributed by atoms with Gasteiger partial charge in [-0.05, 0) is 12.8 Å². The second kappa shape index (κ2) is 2.08. The van der Waals surface area contributed by atoms with E-state index >= 15 is 0 Å². The molecule has 0 spiro atoms. The van der Waals surface area contributed by atoms with E-state index in [0.717, 1.165) is 12.8 Å². The third-order valence-corrected chi connectivity index (χ3v) is 1.79. The number of aromatic carboxylic acids is 1. The molecule has 11 heavy (non-hydrogen) atoms. The van der Waals surface area contributed by atoms with Gasteiger partial charge in [-0.15, -0.1) is 0 Å². The van der Waals surface area contributed by atoms with Gasteiger partial charge in [0.05, 0.1) is 6.33 Å². The van der Waals surface area contributed by atoms with Crippen LogP contribution in [0.25, 0.3) is 0 Å². The third-order valence-electron chi connectivity index (χ3n) is 1.79. The van der Waals surface area contributed by atoms with Crippen LogP contribution in [0.2, 0.25) is 0 Å². The maximum Gasteiger partial charge on any atom is 0.356 e. The Labute approximate surface area is 63.5 Å². The number of hydrogen-bond donors (Lipinski definition) is 1. The molecule has 4 nitrogen and oxygen atoms in total. The standard InChI is InChI=1S/C7H8N2O2/c10-7(11)6-3-9(4-8-6)5-1-2-5/h3-5H,1-2H2,(H,10,11). The zero-order valence-corrected chi connectivity index (χ0v) is 5.90. The van der Waals surface area contributed by atoms with Crippen molar-refractivity contribution in [2.75, 3.05) is 0 Å². The molecule has 1 saturated carbocycles. The number of aromatic nitrogens is 2. The van der Waals surface area contributed by atoms with Crippen LogP contribution in [0.5, 0.6) is 0 Å². The molecule has 1 aromatic heterocycles. The van der Waals surface area contributed by atoms with Gasteiger partial charge in [-0.25, -0.2) is 9.78 Å². The Balaban J connectivity index is 2.25. The van der Waals surface area contributed by atoms with Crippen molar-refractivity contribution < 1.29 is 9.90 Å². The molecule has 0 atom stereocenters. The van der Waals surface area contributed by atoms with Crippen LogP contribution in [0.4, 0.5) is 0 Å². The van der Waals surface area contributed by atoms with Gasteiger partial charge in [-0.2, -0.15) is 0 Å². The predicted molar refractivity (Wildman–Crippen MR) is 37.5 cm³/mol. The maximum absolute atomic E-state index is 10.4. The zero-order valence-electron chi connectivity index (χ0n) is 5.90. The first-order valence-corrected chi connectivity index (χ1v) is 3.54. The van der Waals surface area contributed by atoms with Crippen molar-refractivity contribution >= 4 is 5.97 Å². The molecule has 0 aliphatic heterocycles. The molecule has 1 N–H and O–H groups in total. The molecule has 58 valence electrons. The Hall–Kier alpha value is -1.32. The van der Waals surface area contributed by atoms with Crippen LogP contribution in [0, 0.1) is 0 Å². The smallest absolute Gasteiger partial charge is 0.356 e. The highest BCUT2D eigenvalue weighted by molar-refractivity contribution is 5.84. The SMILES string of the molecule is O=C(O)c1cn(C2CC2)cn1. The second-order valence-electron chi connectivity index (χ2n) is 2.74. The Morgan fingerprint density at radius 2 is 2.45 bits per heavy atom. The van der Waals surface area contributed by atoms with Gasteiger partial charge in [-0.3, -0.25) is 0 Å². The van der Waals surface area contributed by atoms with Crippen molar-refractivity contribution in [3.63, 3.8) is 0 Å². The van der Waals surface area contributed by atoms with Crippen molar-refractivity contribution in [3.05, 3.63) is 18.2 Å². The average Bonchev–Trinajstić information content (AvgIpc) is 2.68. The first-order valence-electron chi connectivity index (χ1n) is 3.54. The van der Waals surface area contributed by atoms with E-state index in [9.17, 15) is 4.79 Å². The van der Waals surface area contributed by atoms with Crippen molar-refractivity contribution in [2.24, 2.45) is 0 Å². The molecule has 0 unspecified atom stereocenters. The van der Waals surface area contributed by atoms with Gasteiger partial charge in [0.15, 0.2) is 5.69 Å². The Morgan fingerprint density at radius 3 is 2.91 bits per heavy atom. The number of rotatable bonds is 2. The summed E-state index contributed by atoms with van der Waals surface area (Å²) in [7, 11) is 0. The number of hydrogen-bond acceptors (Lipinski definition) is 2. The fourth-order valence-electron chi connectivity index (χ4n) is 1.02. The highest BCUT2D eigenvalue weighted by atomic mass is 16.4. The highest BCUT2D eigenvalue weighted by Gasteiger charge is 2.24. The van der Waals surface area contributed by atoms with Crippen molar-refractivity contribution in [2.45, 2.75) is 18.9 Å². The van der Waals surface area contributed by atoms with Crippen LogP contribution in [0.3, 0.4) is 0 Å². The van der Waals surface area contributed by atoms with Gasteiger partial charge in [0.25, 0.3) is 0 Å². The lowest BCUT2D eigenvalue weighted by atomic mass is 10.5. The number of nitrogens with zero attached hydrogens (tertiary/aromatic N) is 2. The topological polar surface area (TPSA) is 55.1 Å². The number of carbonyl (C=O) groups is 1. The average molecular weight is 152 g/mol. The van der Waals surface area contributed by atoms with Crippen LogP contribution < -0.4 is 0 Å². The number of imidazole rings is 1. The third kappa shape index (κ3) is 1.11. The van der Waals surface area contributed by atoms with E-state index in [0.29, 0.717) is 6.04 Å².